The van der Waals surface area contributed by atoms with Crippen LogP contribution in [-0.2, 0) is 11.2 Å². The number of hydrogen-bond acceptors (Lipinski definition) is 4. The number of ether oxygens (including phenoxy) is 1. The highest BCUT2D eigenvalue weighted by Gasteiger charge is 2.29. The molecular formula is C26H29N3O3. The molecule has 2 amide bonds. The van der Waals surface area contributed by atoms with Gasteiger partial charge in [-0.3, -0.25) is 14.6 Å². The zero-order chi connectivity index (χ0) is 22.7. The van der Waals surface area contributed by atoms with E-state index in [4.69, 9.17) is 9.72 Å². The van der Waals surface area contributed by atoms with Crippen molar-refractivity contribution in [2.45, 2.75) is 25.2 Å². The molecule has 0 radical (unpaired) electrons. The Morgan fingerprint density at radius 3 is 2.66 bits per heavy atom. The van der Waals surface area contributed by atoms with Gasteiger partial charge in [0.1, 0.15) is 5.75 Å². The topological polar surface area (TPSA) is 62.7 Å². The summed E-state index contributed by atoms with van der Waals surface area (Å²) in [5, 5.41) is 0.859. The van der Waals surface area contributed by atoms with Crippen LogP contribution >= 0.6 is 0 Å². The molecule has 6 nitrogen and oxygen atoms in total. The fourth-order valence-electron chi connectivity index (χ4n) is 4.36. The summed E-state index contributed by atoms with van der Waals surface area (Å²) in [4.78, 5) is 34.0. The van der Waals surface area contributed by atoms with Gasteiger partial charge in [-0.1, -0.05) is 36.4 Å². The first-order chi connectivity index (χ1) is 15.5. The molecule has 2 heterocycles. The van der Waals surface area contributed by atoms with E-state index in [1.807, 2.05) is 59.5 Å². The summed E-state index contributed by atoms with van der Waals surface area (Å²) in [6.07, 6.45) is 1.95. The molecule has 2 aromatic carbocycles. The van der Waals surface area contributed by atoms with Gasteiger partial charge >= 0.3 is 0 Å². The summed E-state index contributed by atoms with van der Waals surface area (Å²) in [5.74, 6) is 1.05. The highest BCUT2D eigenvalue weighted by molar-refractivity contribution is 6.06. The van der Waals surface area contributed by atoms with Gasteiger partial charge in [0.15, 0.2) is 0 Å². The van der Waals surface area contributed by atoms with Crippen LogP contribution < -0.4 is 4.74 Å². The van der Waals surface area contributed by atoms with Crippen molar-refractivity contribution in [2.24, 2.45) is 0 Å². The van der Waals surface area contributed by atoms with E-state index in [1.54, 1.807) is 26.1 Å². The van der Waals surface area contributed by atoms with Crippen molar-refractivity contribution in [3.63, 3.8) is 0 Å². The molecule has 0 aliphatic carbocycles. The van der Waals surface area contributed by atoms with Gasteiger partial charge in [-0.25, -0.2) is 0 Å². The Balaban J connectivity index is 1.49. The zero-order valence-corrected chi connectivity index (χ0v) is 18.9. The van der Waals surface area contributed by atoms with Gasteiger partial charge in [0, 0.05) is 50.6 Å². The summed E-state index contributed by atoms with van der Waals surface area (Å²) in [6, 6.07) is 17.5. The number of para-hydroxylation sites is 2. The van der Waals surface area contributed by atoms with Crippen LogP contribution in [0.4, 0.5) is 0 Å². The van der Waals surface area contributed by atoms with Crippen molar-refractivity contribution in [1.82, 2.24) is 14.8 Å². The first-order valence-corrected chi connectivity index (χ1v) is 11.0. The molecule has 32 heavy (non-hydrogen) atoms. The van der Waals surface area contributed by atoms with Crippen LogP contribution in [0, 0.1) is 0 Å². The molecule has 1 aliphatic heterocycles. The summed E-state index contributed by atoms with van der Waals surface area (Å²) in [5.41, 5.74) is 3.41. The molecule has 3 aromatic rings. The van der Waals surface area contributed by atoms with E-state index in [-0.39, 0.29) is 17.7 Å². The number of hydrogen-bond donors (Lipinski definition) is 0. The second kappa shape index (κ2) is 9.39. The Labute approximate surface area is 188 Å². The molecule has 6 heteroatoms. The average molecular weight is 432 g/mol. The fourth-order valence-corrected chi connectivity index (χ4v) is 4.36. The highest BCUT2D eigenvalue weighted by Crippen LogP contribution is 2.30. The number of aromatic nitrogens is 1. The van der Waals surface area contributed by atoms with E-state index in [2.05, 4.69) is 0 Å². The molecular weight excluding hydrogens is 402 g/mol. The van der Waals surface area contributed by atoms with Crippen molar-refractivity contribution in [2.75, 3.05) is 34.3 Å². The number of amides is 2. The van der Waals surface area contributed by atoms with Gasteiger partial charge < -0.3 is 14.5 Å². The molecule has 1 atom stereocenters. The summed E-state index contributed by atoms with van der Waals surface area (Å²) in [6.45, 7) is 1.34. The third kappa shape index (κ3) is 4.44. The summed E-state index contributed by atoms with van der Waals surface area (Å²) < 4.78 is 5.40. The number of fused-ring (bicyclic) bond motifs is 1. The molecule has 1 saturated heterocycles. The lowest BCUT2D eigenvalue weighted by molar-refractivity contribution is -0.130. The van der Waals surface area contributed by atoms with Crippen LogP contribution in [0.2, 0.25) is 0 Å². The van der Waals surface area contributed by atoms with Gasteiger partial charge in [0.05, 0.1) is 18.2 Å². The van der Waals surface area contributed by atoms with Gasteiger partial charge in [0.25, 0.3) is 5.91 Å². The lowest BCUT2D eigenvalue weighted by Gasteiger charge is -2.18. The zero-order valence-electron chi connectivity index (χ0n) is 18.9. The monoisotopic (exact) mass is 431 g/mol. The molecule has 0 N–H and O–H groups in total. The lowest BCUT2D eigenvalue weighted by atomic mass is 9.99. The van der Waals surface area contributed by atoms with E-state index in [0.29, 0.717) is 31.5 Å². The Hall–Kier alpha value is -3.41. The first kappa shape index (κ1) is 21.8. The maximum atomic E-state index is 12.9. The van der Waals surface area contributed by atoms with Gasteiger partial charge in [-0.15, -0.1) is 0 Å². The predicted octanol–water partition coefficient (Wildman–Crippen LogP) is 3.89. The van der Waals surface area contributed by atoms with Crippen LogP contribution in [0.3, 0.4) is 0 Å². The molecule has 4 rings (SSSR count). The smallest absolute Gasteiger partial charge is 0.254 e. The van der Waals surface area contributed by atoms with Crippen molar-refractivity contribution < 1.29 is 14.3 Å². The first-order valence-electron chi connectivity index (χ1n) is 11.0. The lowest BCUT2D eigenvalue weighted by Crippen LogP contribution is -2.28. The largest absolute Gasteiger partial charge is 0.496 e. The number of carbonyl (C=O) groups is 2. The number of pyridine rings is 1. The normalized spacial score (nSPS) is 15.7. The third-order valence-electron chi connectivity index (χ3n) is 6.13. The second-order valence-corrected chi connectivity index (χ2v) is 8.45. The predicted molar refractivity (Wildman–Crippen MR) is 125 cm³/mol. The molecule has 0 bridgehead atoms. The minimum atomic E-state index is -0.0346. The van der Waals surface area contributed by atoms with Gasteiger partial charge in [0.2, 0.25) is 5.91 Å². The number of carbonyl (C=O) groups excluding carboxylic acids is 2. The molecule has 166 valence electrons. The SMILES string of the molecule is COc1ccccc1CCC(=O)N1CC[C@H](c2cc(C(=O)N(C)C)c3ccccc3n2)C1. The molecule has 0 saturated carbocycles. The minimum absolute atomic E-state index is 0.0346. The maximum Gasteiger partial charge on any atom is 0.254 e. The average Bonchev–Trinajstić information content (AvgIpc) is 3.32. The van der Waals surface area contributed by atoms with E-state index < -0.39 is 0 Å². The van der Waals surface area contributed by atoms with Gasteiger partial charge in [-0.05, 0) is 36.6 Å². The molecule has 1 fully saturated rings. The van der Waals surface area contributed by atoms with Crippen LogP contribution in [0.25, 0.3) is 10.9 Å². The van der Waals surface area contributed by atoms with E-state index in [1.165, 1.54) is 0 Å². The van der Waals surface area contributed by atoms with Crippen LogP contribution in [-0.4, -0.2) is 60.9 Å². The Morgan fingerprint density at radius 1 is 1.12 bits per heavy atom. The Morgan fingerprint density at radius 2 is 1.88 bits per heavy atom. The maximum absolute atomic E-state index is 12.9. The third-order valence-corrected chi connectivity index (χ3v) is 6.13. The van der Waals surface area contributed by atoms with Crippen molar-refractivity contribution in [3.05, 3.63) is 71.4 Å². The van der Waals surface area contributed by atoms with Crippen LogP contribution in [0.1, 0.15) is 40.4 Å². The summed E-state index contributed by atoms with van der Waals surface area (Å²) >= 11 is 0. The number of likely N-dealkylation sites (tertiary alicyclic amines) is 1. The van der Waals surface area contributed by atoms with Gasteiger partial charge in [-0.2, -0.15) is 0 Å². The quantitative estimate of drug-likeness (QED) is 0.594. The van der Waals surface area contributed by atoms with Crippen molar-refractivity contribution in [3.8, 4) is 5.75 Å². The summed E-state index contributed by atoms with van der Waals surface area (Å²) in [7, 11) is 5.17. The molecule has 0 unspecified atom stereocenters. The molecule has 1 aliphatic rings. The number of benzene rings is 2. The number of methoxy groups -OCH3 is 1. The number of aryl methyl sites for hydroxylation is 1. The molecule has 1 aromatic heterocycles. The van der Waals surface area contributed by atoms with E-state index >= 15 is 0 Å². The minimum Gasteiger partial charge on any atom is -0.496 e. The van der Waals surface area contributed by atoms with Crippen LogP contribution in [0.5, 0.6) is 5.75 Å². The Bertz CT molecular complexity index is 1140. The number of nitrogens with zero attached hydrogens (tertiary/aromatic N) is 3. The highest BCUT2D eigenvalue weighted by atomic mass is 16.5. The fraction of sp³-hybridized carbons (Fsp3) is 0.346. The molecule has 0 spiro atoms. The van der Waals surface area contributed by atoms with Crippen molar-refractivity contribution >= 4 is 22.7 Å². The second-order valence-electron chi connectivity index (χ2n) is 8.45. The van der Waals surface area contributed by atoms with Crippen molar-refractivity contribution in [1.29, 1.82) is 0 Å². The Kier molecular flexibility index (Phi) is 6.40. The van der Waals surface area contributed by atoms with E-state index in [9.17, 15) is 9.59 Å². The number of rotatable bonds is 6. The van der Waals surface area contributed by atoms with E-state index in [0.717, 1.165) is 34.3 Å². The standard InChI is InChI=1S/C26H29N3O3/c1-28(2)26(31)21-16-23(27-22-10-6-5-9-20(21)22)19-14-15-29(17-19)25(30)13-12-18-8-4-7-11-24(18)32-3/h4-11,16,19H,12-15,17H2,1-3H3/t19-/m0/s1. The van der Waals surface area contributed by atoms with Crippen LogP contribution in [0.15, 0.2) is 54.6 Å².